The van der Waals surface area contributed by atoms with Crippen molar-refractivity contribution in [1.82, 2.24) is 14.8 Å². The fourth-order valence-corrected chi connectivity index (χ4v) is 8.72. The van der Waals surface area contributed by atoms with Gasteiger partial charge in [-0.25, -0.2) is 0 Å². The van der Waals surface area contributed by atoms with Crippen molar-refractivity contribution >= 4 is 11.9 Å². The molecule has 2 aliphatic carbocycles. The van der Waals surface area contributed by atoms with Crippen LogP contribution in [0.15, 0.2) is 41.3 Å². The predicted octanol–water partition coefficient (Wildman–Crippen LogP) is 8.46. The van der Waals surface area contributed by atoms with Crippen molar-refractivity contribution in [3.63, 3.8) is 0 Å². The highest BCUT2D eigenvalue weighted by molar-refractivity contribution is 5.82. The van der Waals surface area contributed by atoms with E-state index in [1.165, 1.54) is 29.2 Å². The highest BCUT2D eigenvalue weighted by Gasteiger charge is 2.39. The van der Waals surface area contributed by atoms with Crippen LogP contribution >= 0.6 is 0 Å². The Labute approximate surface area is 304 Å². The van der Waals surface area contributed by atoms with Crippen LogP contribution in [0.3, 0.4) is 0 Å². The van der Waals surface area contributed by atoms with Gasteiger partial charge in [-0.05, 0) is 154 Å². The summed E-state index contributed by atoms with van der Waals surface area (Å²) in [7, 11) is 0. The number of likely N-dealkylation sites (tertiary alicyclic amines) is 1. The number of hydrogen-bond donors (Lipinski definition) is 2. The minimum Gasteiger partial charge on any atom is -0.481 e. The Hall–Kier alpha value is -3.92. The minimum absolute atomic E-state index is 0.0499. The summed E-state index contributed by atoms with van der Waals surface area (Å²) < 4.78 is 44.5. The van der Waals surface area contributed by atoms with Crippen LogP contribution in [0.25, 0.3) is 11.1 Å². The average Bonchev–Trinajstić information content (AvgIpc) is 3.74. The molecular formula is C42H52F3N3O4. The molecule has 0 radical (unpaired) electrons. The largest absolute Gasteiger partial charge is 0.481 e. The molecule has 0 bridgehead atoms. The van der Waals surface area contributed by atoms with E-state index in [4.69, 9.17) is 0 Å². The smallest absolute Gasteiger partial charge is 0.416 e. The van der Waals surface area contributed by atoms with Crippen LogP contribution in [0.4, 0.5) is 13.2 Å². The van der Waals surface area contributed by atoms with Crippen molar-refractivity contribution in [2.24, 2.45) is 11.8 Å². The fourth-order valence-electron chi connectivity index (χ4n) is 8.72. The van der Waals surface area contributed by atoms with Gasteiger partial charge in [0.05, 0.1) is 18.0 Å². The molecule has 1 aromatic heterocycles. The molecule has 2 atom stereocenters. The maximum Gasteiger partial charge on any atom is 0.416 e. The number of carboxylic acids is 1. The molecular weight excluding hydrogens is 667 g/mol. The van der Waals surface area contributed by atoms with Crippen molar-refractivity contribution in [1.29, 1.82) is 0 Å². The van der Waals surface area contributed by atoms with Crippen molar-refractivity contribution in [2.45, 2.75) is 117 Å². The summed E-state index contributed by atoms with van der Waals surface area (Å²) >= 11 is 0. The monoisotopic (exact) mass is 719 g/mol. The molecule has 2 fully saturated rings. The van der Waals surface area contributed by atoms with E-state index >= 15 is 0 Å². The third-order valence-electron chi connectivity index (χ3n) is 11.3. The number of rotatable bonds is 12. The Kier molecular flexibility index (Phi) is 11.1. The van der Waals surface area contributed by atoms with Gasteiger partial charge in [0.25, 0.3) is 5.56 Å². The molecule has 6 rings (SSSR count). The second-order valence-corrected chi connectivity index (χ2v) is 16.0. The van der Waals surface area contributed by atoms with Crippen molar-refractivity contribution in [2.75, 3.05) is 19.6 Å². The second kappa shape index (κ2) is 15.2. The molecule has 0 spiro atoms. The van der Waals surface area contributed by atoms with Gasteiger partial charge in [0, 0.05) is 18.8 Å². The lowest BCUT2D eigenvalue weighted by Gasteiger charge is -2.34. The second-order valence-electron chi connectivity index (χ2n) is 16.0. The number of aryl methyl sites for hydroxylation is 4. The fraction of sp³-hybridized carbons (Fsp3) is 0.548. The molecule has 2 aromatic carbocycles. The maximum atomic E-state index is 14.4. The van der Waals surface area contributed by atoms with Crippen LogP contribution in [-0.2, 0) is 28.6 Å². The lowest BCUT2D eigenvalue weighted by atomic mass is 9.86. The standard InChI is InChI=1S/C42H52F3N3O4/c1-24(2)15-37(48-23-34(35(20-38(48)49)42(43,44)45)29-11-13-47(14-12-29)22-28-9-10-28)41(52)46-36(21-39(50)51)31-18-30-7-6-8-32(30)33(19-31)40-26(4)16-25(3)17-27(40)5/h16-20,23-24,28-29,36-37H,6-15,21-22H2,1-5H3,(H,46,52)(H,50,51)/t36-,37+/m1/s1. The summed E-state index contributed by atoms with van der Waals surface area (Å²) in [5.74, 6) is -1.49. The number of amides is 1. The molecule has 0 unspecified atom stereocenters. The molecule has 1 saturated heterocycles. The number of piperidine rings is 1. The number of alkyl halides is 3. The number of fused-ring (bicyclic) bond motifs is 1. The number of pyridine rings is 1. The number of benzene rings is 2. The topological polar surface area (TPSA) is 91.6 Å². The quantitative estimate of drug-likeness (QED) is 0.196. The summed E-state index contributed by atoms with van der Waals surface area (Å²) in [4.78, 5) is 42.5. The van der Waals surface area contributed by atoms with E-state index in [0.717, 1.165) is 59.2 Å². The highest BCUT2D eigenvalue weighted by Crippen LogP contribution is 2.41. The molecule has 10 heteroatoms. The molecule has 1 saturated carbocycles. The van der Waals surface area contributed by atoms with Gasteiger partial charge >= 0.3 is 12.1 Å². The summed E-state index contributed by atoms with van der Waals surface area (Å²) in [6, 6.07) is 6.87. The van der Waals surface area contributed by atoms with Crippen molar-refractivity contribution in [3.8, 4) is 11.1 Å². The number of nitrogens with one attached hydrogen (secondary N) is 1. The number of carboxylic acid groups (broad SMARTS) is 1. The SMILES string of the molecule is Cc1cc(C)c(-c2cc([C@@H](CC(=O)O)NC(=O)[C@H](CC(C)C)n3cc(C4CCN(CC5CC5)CC4)c(C(F)(F)F)cc3=O)cc3c2CCC3)c(C)c1. The Balaban J connectivity index is 1.36. The molecule has 280 valence electrons. The zero-order valence-electron chi connectivity index (χ0n) is 31.0. The molecule has 1 aliphatic heterocycles. The van der Waals surface area contributed by atoms with E-state index in [1.807, 2.05) is 26.0 Å². The maximum absolute atomic E-state index is 14.4. The van der Waals surface area contributed by atoms with Gasteiger partial charge in [0.2, 0.25) is 5.91 Å². The molecule has 2 N–H and O–H groups in total. The van der Waals surface area contributed by atoms with Gasteiger partial charge in [0.1, 0.15) is 6.04 Å². The van der Waals surface area contributed by atoms with E-state index in [2.05, 4.69) is 43.1 Å². The zero-order chi connectivity index (χ0) is 37.5. The number of carbonyl (C=O) groups is 2. The van der Waals surface area contributed by atoms with Crippen LogP contribution in [0.5, 0.6) is 0 Å². The summed E-state index contributed by atoms with van der Waals surface area (Å²) in [5, 5.41) is 13.0. The molecule has 3 aliphatic rings. The van der Waals surface area contributed by atoms with Gasteiger partial charge in [-0.15, -0.1) is 0 Å². The van der Waals surface area contributed by atoms with E-state index in [1.54, 1.807) is 0 Å². The third-order valence-corrected chi connectivity index (χ3v) is 11.3. The normalized spacial score (nSPS) is 18.0. The van der Waals surface area contributed by atoms with Crippen LogP contribution in [0.2, 0.25) is 0 Å². The van der Waals surface area contributed by atoms with Gasteiger partial charge in [-0.1, -0.05) is 37.6 Å². The number of carbonyl (C=O) groups excluding carboxylic acids is 1. The van der Waals surface area contributed by atoms with Crippen LogP contribution < -0.4 is 10.9 Å². The molecule has 52 heavy (non-hydrogen) atoms. The zero-order valence-corrected chi connectivity index (χ0v) is 31.0. The van der Waals surface area contributed by atoms with Gasteiger partial charge in [-0.3, -0.25) is 14.4 Å². The molecule has 1 amide bonds. The molecule has 7 nitrogen and oxygen atoms in total. The number of nitrogens with zero attached hydrogens (tertiary/aromatic N) is 2. The molecule has 3 aromatic rings. The Bertz CT molecular complexity index is 1860. The predicted molar refractivity (Wildman–Crippen MR) is 197 cm³/mol. The van der Waals surface area contributed by atoms with Gasteiger partial charge in [-0.2, -0.15) is 13.2 Å². The Morgan fingerprint density at radius 2 is 1.63 bits per heavy atom. The molecule has 2 heterocycles. The number of aliphatic carboxylic acids is 1. The van der Waals surface area contributed by atoms with Gasteiger partial charge < -0.3 is 19.9 Å². The van der Waals surface area contributed by atoms with E-state index in [9.17, 15) is 32.7 Å². The minimum atomic E-state index is -4.72. The number of aromatic nitrogens is 1. The van der Waals surface area contributed by atoms with Crippen LogP contribution in [-0.4, -0.2) is 46.1 Å². The van der Waals surface area contributed by atoms with E-state index < -0.39 is 53.6 Å². The summed E-state index contributed by atoms with van der Waals surface area (Å²) in [5.41, 5.74) is 6.76. The summed E-state index contributed by atoms with van der Waals surface area (Å²) in [6.07, 6.45) is 2.56. The van der Waals surface area contributed by atoms with E-state index in [0.29, 0.717) is 43.5 Å². The first-order chi connectivity index (χ1) is 24.6. The first-order valence-electron chi connectivity index (χ1n) is 18.9. The van der Waals surface area contributed by atoms with Crippen LogP contribution in [0.1, 0.15) is 121 Å². The van der Waals surface area contributed by atoms with E-state index in [-0.39, 0.29) is 17.9 Å². The Morgan fingerprint density at radius 3 is 2.23 bits per heavy atom. The number of hydrogen-bond acceptors (Lipinski definition) is 4. The highest BCUT2D eigenvalue weighted by atomic mass is 19.4. The third kappa shape index (κ3) is 8.48. The number of halogens is 3. The lowest BCUT2D eigenvalue weighted by molar-refractivity contribution is -0.139. The van der Waals surface area contributed by atoms with Crippen molar-refractivity contribution < 1.29 is 27.9 Å². The average molecular weight is 720 g/mol. The lowest BCUT2D eigenvalue weighted by Crippen LogP contribution is -2.41. The van der Waals surface area contributed by atoms with Gasteiger partial charge in [0.15, 0.2) is 0 Å². The Morgan fingerprint density at radius 1 is 0.962 bits per heavy atom. The first kappa shape index (κ1) is 37.8. The van der Waals surface area contributed by atoms with Crippen LogP contribution in [0, 0.1) is 32.6 Å². The first-order valence-corrected chi connectivity index (χ1v) is 18.9. The van der Waals surface area contributed by atoms with Crippen molar-refractivity contribution in [3.05, 3.63) is 91.4 Å². The summed E-state index contributed by atoms with van der Waals surface area (Å²) in [6.45, 7) is 12.3.